The van der Waals surface area contributed by atoms with Crippen molar-refractivity contribution in [2.75, 3.05) is 37.4 Å². The van der Waals surface area contributed by atoms with E-state index in [4.69, 9.17) is 5.26 Å². The van der Waals surface area contributed by atoms with E-state index < -0.39 is 0 Å². The molecule has 0 saturated carbocycles. The van der Waals surface area contributed by atoms with Gasteiger partial charge in [-0.05, 0) is 20.0 Å². The molecule has 1 aliphatic heterocycles. The van der Waals surface area contributed by atoms with Gasteiger partial charge in [-0.3, -0.25) is 4.90 Å². The van der Waals surface area contributed by atoms with Crippen LogP contribution in [0.2, 0.25) is 0 Å². The molecule has 1 aromatic heterocycles. The van der Waals surface area contributed by atoms with Crippen molar-refractivity contribution in [1.29, 1.82) is 5.26 Å². The zero-order chi connectivity index (χ0) is 12.3. The maximum atomic E-state index is 8.79. The molecule has 1 aromatic rings. The summed E-state index contributed by atoms with van der Waals surface area (Å²) in [5.74, 6) is 1.38. The summed E-state index contributed by atoms with van der Waals surface area (Å²) in [6.45, 7) is 2.13. The molecule has 2 heterocycles. The number of anilines is 2. The number of rotatable bonds is 3. The molecule has 1 aliphatic rings. The Morgan fingerprint density at radius 1 is 1.59 bits per heavy atom. The van der Waals surface area contributed by atoms with Crippen molar-refractivity contribution in [1.82, 2.24) is 14.9 Å². The monoisotopic (exact) mass is 232 g/mol. The molecule has 0 bridgehead atoms. The zero-order valence-electron chi connectivity index (χ0n) is 10.1. The SMILES string of the molecule is CN1CCC(Nc2cc(N(C)C#N)ncn2)C1. The summed E-state index contributed by atoms with van der Waals surface area (Å²) in [5.41, 5.74) is 0. The molecule has 17 heavy (non-hydrogen) atoms. The lowest BCUT2D eigenvalue weighted by Gasteiger charge is -2.14. The van der Waals surface area contributed by atoms with Gasteiger partial charge in [0.15, 0.2) is 6.19 Å². The molecule has 6 heteroatoms. The molecule has 1 N–H and O–H groups in total. The highest BCUT2D eigenvalue weighted by Gasteiger charge is 2.19. The lowest BCUT2D eigenvalue weighted by Crippen LogP contribution is -2.24. The maximum absolute atomic E-state index is 8.79. The lowest BCUT2D eigenvalue weighted by atomic mass is 10.2. The van der Waals surface area contributed by atoms with Gasteiger partial charge in [0.2, 0.25) is 0 Å². The Labute approximate surface area is 101 Å². The van der Waals surface area contributed by atoms with Crippen molar-refractivity contribution in [3.05, 3.63) is 12.4 Å². The first-order valence-corrected chi connectivity index (χ1v) is 5.59. The van der Waals surface area contributed by atoms with Crippen LogP contribution < -0.4 is 10.2 Å². The summed E-state index contributed by atoms with van der Waals surface area (Å²) in [5, 5.41) is 12.1. The number of likely N-dealkylation sites (N-methyl/N-ethyl adjacent to an activating group) is 1. The van der Waals surface area contributed by atoms with Crippen LogP contribution in [0.15, 0.2) is 12.4 Å². The molecule has 90 valence electrons. The number of hydrogen-bond donors (Lipinski definition) is 1. The van der Waals surface area contributed by atoms with Crippen LogP contribution in [-0.2, 0) is 0 Å². The fraction of sp³-hybridized carbons (Fsp3) is 0.545. The number of hydrogen-bond acceptors (Lipinski definition) is 6. The van der Waals surface area contributed by atoms with E-state index in [2.05, 4.69) is 27.2 Å². The van der Waals surface area contributed by atoms with Crippen LogP contribution in [0.5, 0.6) is 0 Å². The summed E-state index contributed by atoms with van der Waals surface area (Å²) in [6, 6.07) is 2.22. The fourth-order valence-electron chi connectivity index (χ4n) is 1.92. The van der Waals surface area contributed by atoms with E-state index >= 15 is 0 Å². The van der Waals surface area contributed by atoms with Gasteiger partial charge < -0.3 is 10.2 Å². The van der Waals surface area contributed by atoms with E-state index in [0.29, 0.717) is 11.9 Å². The number of aromatic nitrogens is 2. The predicted molar refractivity (Wildman–Crippen MR) is 65.6 cm³/mol. The Morgan fingerprint density at radius 3 is 3.06 bits per heavy atom. The molecular formula is C11H16N6. The van der Waals surface area contributed by atoms with Gasteiger partial charge in [0.05, 0.1) is 0 Å². The average Bonchev–Trinajstić information content (AvgIpc) is 2.74. The Morgan fingerprint density at radius 2 is 2.41 bits per heavy atom. The van der Waals surface area contributed by atoms with Gasteiger partial charge in [-0.15, -0.1) is 0 Å². The average molecular weight is 232 g/mol. The highest BCUT2D eigenvalue weighted by atomic mass is 15.2. The second-order valence-electron chi connectivity index (χ2n) is 4.31. The first kappa shape index (κ1) is 11.6. The van der Waals surface area contributed by atoms with Gasteiger partial charge >= 0.3 is 0 Å². The van der Waals surface area contributed by atoms with Crippen molar-refractivity contribution < 1.29 is 0 Å². The van der Waals surface area contributed by atoms with E-state index in [0.717, 1.165) is 25.3 Å². The largest absolute Gasteiger partial charge is 0.366 e. The first-order chi connectivity index (χ1) is 8.19. The first-order valence-electron chi connectivity index (χ1n) is 5.59. The van der Waals surface area contributed by atoms with Crippen molar-refractivity contribution in [3.63, 3.8) is 0 Å². The van der Waals surface area contributed by atoms with E-state index in [1.807, 2.05) is 6.19 Å². The van der Waals surface area contributed by atoms with Crippen molar-refractivity contribution >= 4 is 11.6 Å². The second-order valence-corrected chi connectivity index (χ2v) is 4.31. The molecule has 1 saturated heterocycles. The minimum Gasteiger partial charge on any atom is -0.366 e. The number of nitrogens with one attached hydrogen (secondary N) is 1. The van der Waals surface area contributed by atoms with Crippen LogP contribution in [0.25, 0.3) is 0 Å². The minimum absolute atomic E-state index is 0.426. The van der Waals surface area contributed by atoms with Crippen LogP contribution in [0.3, 0.4) is 0 Å². The van der Waals surface area contributed by atoms with E-state index in [1.165, 1.54) is 11.2 Å². The molecule has 0 aromatic carbocycles. The number of nitrogens with zero attached hydrogens (tertiary/aromatic N) is 5. The summed E-state index contributed by atoms with van der Waals surface area (Å²) in [4.78, 5) is 11.9. The van der Waals surface area contributed by atoms with Crippen LogP contribution in [-0.4, -0.2) is 48.1 Å². The molecule has 0 aliphatic carbocycles. The highest BCUT2D eigenvalue weighted by Crippen LogP contribution is 2.16. The van der Waals surface area contributed by atoms with Gasteiger partial charge in [-0.2, -0.15) is 5.26 Å². The quantitative estimate of drug-likeness (QED) is 0.605. The molecule has 2 rings (SSSR count). The van der Waals surface area contributed by atoms with E-state index in [-0.39, 0.29) is 0 Å². The van der Waals surface area contributed by atoms with Gasteiger partial charge in [0.25, 0.3) is 0 Å². The van der Waals surface area contributed by atoms with E-state index in [9.17, 15) is 0 Å². The van der Waals surface area contributed by atoms with Gasteiger partial charge in [0.1, 0.15) is 18.0 Å². The van der Waals surface area contributed by atoms with Crippen molar-refractivity contribution in [3.8, 4) is 6.19 Å². The molecule has 0 spiro atoms. The molecule has 1 atom stereocenters. The normalized spacial score (nSPS) is 19.9. The Balaban J connectivity index is 2.04. The predicted octanol–water partition coefficient (Wildman–Crippen LogP) is 0.510. The molecule has 6 nitrogen and oxygen atoms in total. The Kier molecular flexibility index (Phi) is 3.40. The molecule has 0 radical (unpaired) electrons. The van der Waals surface area contributed by atoms with Crippen LogP contribution in [0.4, 0.5) is 11.6 Å². The fourth-order valence-corrected chi connectivity index (χ4v) is 1.92. The highest BCUT2D eigenvalue weighted by molar-refractivity contribution is 5.50. The summed E-state index contributed by atoms with van der Waals surface area (Å²) in [7, 11) is 3.78. The topological polar surface area (TPSA) is 68.1 Å². The standard InChI is InChI=1S/C11H16N6/c1-16-4-3-9(6-16)15-10-5-11(14-8-13-10)17(2)7-12/h5,8-9H,3-4,6H2,1-2H3,(H,13,14,15). The summed E-state index contributed by atoms with van der Waals surface area (Å²) < 4.78 is 0. The summed E-state index contributed by atoms with van der Waals surface area (Å²) in [6.07, 6.45) is 4.61. The third-order valence-corrected chi connectivity index (χ3v) is 2.89. The molecule has 0 amide bonds. The van der Waals surface area contributed by atoms with Crippen LogP contribution in [0, 0.1) is 11.5 Å². The third kappa shape index (κ3) is 2.82. The van der Waals surface area contributed by atoms with Crippen molar-refractivity contribution in [2.45, 2.75) is 12.5 Å². The Hall–Kier alpha value is -1.87. The van der Waals surface area contributed by atoms with Crippen molar-refractivity contribution in [2.24, 2.45) is 0 Å². The lowest BCUT2D eigenvalue weighted by molar-refractivity contribution is 0.414. The molecular weight excluding hydrogens is 216 g/mol. The van der Waals surface area contributed by atoms with E-state index in [1.54, 1.807) is 13.1 Å². The molecule has 1 unspecified atom stereocenters. The summed E-state index contributed by atoms with van der Waals surface area (Å²) >= 11 is 0. The van der Waals surface area contributed by atoms with Gasteiger partial charge in [-0.25, -0.2) is 9.97 Å². The number of likely N-dealkylation sites (tertiary alicyclic amines) is 1. The van der Waals surface area contributed by atoms with Gasteiger partial charge in [-0.1, -0.05) is 0 Å². The van der Waals surface area contributed by atoms with Crippen LogP contribution in [0.1, 0.15) is 6.42 Å². The third-order valence-electron chi connectivity index (χ3n) is 2.89. The minimum atomic E-state index is 0.426. The number of nitriles is 1. The smallest absolute Gasteiger partial charge is 0.185 e. The zero-order valence-corrected chi connectivity index (χ0v) is 10.1. The Bertz CT molecular complexity index is 426. The second kappa shape index (κ2) is 4.97. The van der Waals surface area contributed by atoms with Gasteiger partial charge in [0, 0.05) is 25.7 Å². The van der Waals surface area contributed by atoms with Crippen LogP contribution >= 0.6 is 0 Å². The maximum Gasteiger partial charge on any atom is 0.185 e. The molecule has 1 fully saturated rings.